The van der Waals surface area contributed by atoms with Crippen LogP contribution in [0.4, 0.5) is 0 Å². The molecule has 1 rings (SSSR count). The molecule has 1 aromatic rings. The van der Waals surface area contributed by atoms with E-state index in [1.807, 2.05) is 38.1 Å². The van der Waals surface area contributed by atoms with Crippen LogP contribution in [0.2, 0.25) is 5.02 Å². The minimum atomic E-state index is 0.532. The summed E-state index contributed by atoms with van der Waals surface area (Å²) in [5.74, 6) is 0.738. The summed E-state index contributed by atoms with van der Waals surface area (Å²) in [6, 6.07) is 3.84. The van der Waals surface area contributed by atoms with Crippen LogP contribution in [0, 0.1) is 6.92 Å². The highest BCUT2D eigenvalue weighted by Gasteiger charge is 2.04. The number of ether oxygens (including phenoxy) is 1. The van der Waals surface area contributed by atoms with Crippen molar-refractivity contribution in [2.75, 3.05) is 13.2 Å². The van der Waals surface area contributed by atoms with Gasteiger partial charge in [0.25, 0.3) is 0 Å². The maximum Gasteiger partial charge on any atom is 0.138 e. The van der Waals surface area contributed by atoms with Crippen LogP contribution in [0.1, 0.15) is 18.1 Å². The molecule has 0 spiro atoms. The second-order valence-corrected chi connectivity index (χ2v) is 3.62. The van der Waals surface area contributed by atoms with Gasteiger partial charge < -0.3 is 10.5 Å². The maximum atomic E-state index is 6.07. The van der Waals surface area contributed by atoms with Crippen molar-refractivity contribution in [1.29, 1.82) is 0 Å². The third kappa shape index (κ3) is 3.26. The summed E-state index contributed by atoms with van der Waals surface area (Å²) in [4.78, 5) is 0. The molecule has 0 aliphatic carbocycles. The van der Waals surface area contributed by atoms with Gasteiger partial charge >= 0.3 is 0 Å². The van der Waals surface area contributed by atoms with E-state index in [2.05, 4.69) is 0 Å². The van der Waals surface area contributed by atoms with Crippen molar-refractivity contribution in [2.24, 2.45) is 5.73 Å². The predicted octanol–water partition coefficient (Wildman–Crippen LogP) is 3.02. The summed E-state index contributed by atoms with van der Waals surface area (Å²) >= 11 is 6.07. The molecule has 0 saturated carbocycles. The molecule has 0 aliphatic rings. The van der Waals surface area contributed by atoms with Crippen molar-refractivity contribution < 1.29 is 4.74 Å². The molecule has 0 bridgehead atoms. The Labute approximate surface area is 95.7 Å². The lowest BCUT2D eigenvalue weighted by Gasteiger charge is -2.08. The van der Waals surface area contributed by atoms with Gasteiger partial charge in [0, 0.05) is 6.54 Å². The first-order valence-corrected chi connectivity index (χ1v) is 5.36. The van der Waals surface area contributed by atoms with E-state index in [1.165, 1.54) is 0 Å². The second-order valence-electron chi connectivity index (χ2n) is 3.21. The van der Waals surface area contributed by atoms with E-state index in [4.69, 9.17) is 22.1 Å². The first-order valence-electron chi connectivity index (χ1n) is 4.98. The van der Waals surface area contributed by atoms with Gasteiger partial charge in [-0.15, -0.1) is 0 Å². The zero-order chi connectivity index (χ0) is 11.3. The third-order valence-corrected chi connectivity index (χ3v) is 2.35. The summed E-state index contributed by atoms with van der Waals surface area (Å²) in [6.45, 7) is 5.12. The second kappa shape index (κ2) is 5.79. The molecular formula is C12H16ClNO. The Morgan fingerprint density at radius 2 is 2.20 bits per heavy atom. The molecular weight excluding hydrogens is 210 g/mol. The summed E-state index contributed by atoms with van der Waals surface area (Å²) in [7, 11) is 0. The van der Waals surface area contributed by atoms with E-state index in [0.717, 1.165) is 16.9 Å². The SMILES string of the molecule is CCOc1cc(C)c(/C=C/CN)cc1Cl. The highest BCUT2D eigenvalue weighted by atomic mass is 35.5. The first-order chi connectivity index (χ1) is 7.19. The molecule has 2 nitrogen and oxygen atoms in total. The number of nitrogens with two attached hydrogens (primary N) is 1. The predicted molar refractivity (Wildman–Crippen MR) is 65.4 cm³/mol. The number of hydrogen-bond acceptors (Lipinski definition) is 2. The number of aryl methyl sites for hydroxylation is 1. The Morgan fingerprint density at radius 1 is 1.47 bits per heavy atom. The van der Waals surface area contributed by atoms with Gasteiger partial charge in [0.05, 0.1) is 11.6 Å². The van der Waals surface area contributed by atoms with Crippen molar-refractivity contribution in [3.05, 3.63) is 34.4 Å². The molecule has 0 saturated heterocycles. The molecule has 2 N–H and O–H groups in total. The van der Waals surface area contributed by atoms with Gasteiger partial charge in [0.2, 0.25) is 0 Å². The minimum absolute atomic E-state index is 0.532. The van der Waals surface area contributed by atoms with Gasteiger partial charge in [-0.05, 0) is 37.1 Å². The van der Waals surface area contributed by atoms with Gasteiger partial charge in [-0.1, -0.05) is 23.8 Å². The lowest BCUT2D eigenvalue weighted by molar-refractivity contribution is 0.340. The van der Waals surface area contributed by atoms with E-state index in [-0.39, 0.29) is 0 Å². The number of rotatable bonds is 4. The van der Waals surface area contributed by atoms with Crippen LogP contribution in [0.25, 0.3) is 6.08 Å². The monoisotopic (exact) mass is 225 g/mol. The van der Waals surface area contributed by atoms with Crippen molar-refractivity contribution in [1.82, 2.24) is 0 Å². The fourth-order valence-electron chi connectivity index (χ4n) is 1.31. The van der Waals surface area contributed by atoms with Crippen molar-refractivity contribution in [2.45, 2.75) is 13.8 Å². The van der Waals surface area contributed by atoms with Gasteiger partial charge in [0.1, 0.15) is 5.75 Å². The number of halogens is 1. The molecule has 0 aliphatic heterocycles. The number of benzene rings is 1. The molecule has 3 heteroatoms. The van der Waals surface area contributed by atoms with Crippen LogP contribution in [-0.4, -0.2) is 13.2 Å². The van der Waals surface area contributed by atoms with Gasteiger partial charge in [-0.3, -0.25) is 0 Å². The van der Waals surface area contributed by atoms with Gasteiger partial charge in [-0.25, -0.2) is 0 Å². The zero-order valence-corrected chi connectivity index (χ0v) is 9.84. The molecule has 1 aromatic carbocycles. The van der Waals surface area contributed by atoms with Crippen LogP contribution in [0.15, 0.2) is 18.2 Å². The van der Waals surface area contributed by atoms with Crippen molar-refractivity contribution in [3.63, 3.8) is 0 Å². The normalized spacial score (nSPS) is 10.9. The van der Waals surface area contributed by atoms with Crippen LogP contribution in [-0.2, 0) is 0 Å². The molecule has 0 heterocycles. The average molecular weight is 226 g/mol. The Kier molecular flexibility index (Phi) is 4.66. The van der Waals surface area contributed by atoms with Crippen LogP contribution >= 0.6 is 11.6 Å². The minimum Gasteiger partial charge on any atom is -0.492 e. The summed E-state index contributed by atoms with van der Waals surface area (Å²) < 4.78 is 5.40. The van der Waals surface area contributed by atoms with Crippen molar-refractivity contribution in [3.8, 4) is 5.75 Å². The fourth-order valence-corrected chi connectivity index (χ4v) is 1.54. The summed E-state index contributed by atoms with van der Waals surface area (Å²) in [5.41, 5.74) is 7.61. The van der Waals surface area contributed by atoms with E-state index in [1.54, 1.807) is 0 Å². The quantitative estimate of drug-likeness (QED) is 0.855. The van der Waals surface area contributed by atoms with Gasteiger partial charge in [-0.2, -0.15) is 0 Å². The molecule has 0 amide bonds. The van der Waals surface area contributed by atoms with Crippen molar-refractivity contribution >= 4 is 17.7 Å². The fraction of sp³-hybridized carbons (Fsp3) is 0.333. The average Bonchev–Trinajstić information content (AvgIpc) is 2.21. The molecule has 0 unspecified atom stereocenters. The molecule has 82 valence electrons. The van der Waals surface area contributed by atoms with Crippen LogP contribution < -0.4 is 10.5 Å². The van der Waals surface area contributed by atoms with E-state index >= 15 is 0 Å². The Bertz CT molecular complexity index is 361. The highest BCUT2D eigenvalue weighted by molar-refractivity contribution is 6.32. The maximum absolute atomic E-state index is 6.07. The largest absolute Gasteiger partial charge is 0.492 e. The Morgan fingerprint density at radius 3 is 2.80 bits per heavy atom. The molecule has 0 aromatic heterocycles. The Hall–Kier alpha value is -0.990. The molecule has 15 heavy (non-hydrogen) atoms. The number of hydrogen-bond donors (Lipinski definition) is 1. The third-order valence-electron chi connectivity index (χ3n) is 2.05. The van der Waals surface area contributed by atoms with Crippen LogP contribution in [0.5, 0.6) is 5.75 Å². The van der Waals surface area contributed by atoms with E-state index in [9.17, 15) is 0 Å². The van der Waals surface area contributed by atoms with E-state index < -0.39 is 0 Å². The standard InChI is InChI=1S/C12H16ClNO/c1-3-15-12-7-9(2)10(5-4-6-14)8-11(12)13/h4-5,7-8H,3,6,14H2,1-2H3/b5-4+. The first kappa shape index (κ1) is 12.1. The van der Waals surface area contributed by atoms with Gasteiger partial charge in [0.15, 0.2) is 0 Å². The highest BCUT2D eigenvalue weighted by Crippen LogP contribution is 2.28. The van der Waals surface area contributed by atoms with Crippen LogP contribution in [0.3, 0.4) is 0 Å². The van der Waals surface area contributed by atoms with E-state index in [0.29, 0.717) is 18.2 Å². The summed E-state index contributed by atoms with van der Waals surface area (Å²) in [5, 5.41) is 0.638. The Balaban J connectivity index is 3.02. The molecule has 0 radical (unpaired) electrons. The smallest absolute Gasteiger partial charge is 0.138 e. The molecule has 0 fully saturated rings. The summed E-state index contributed by atoms with van der Waals surface area (Å²) in [6.07, 6.45) is 3.87. The topological polar surface area (TPSA) is 35.2 Å². The zero-order valence-electron chi connectivity index (χ0n) is 9.09. The lowest BCUT2D eigenvalue weighted by Crippen LogP contribution is -1.95. The lowest BCUT2D eigenvalue weighted by atomic mass is 10.1. The molecule has 0 atom stereocenters.